The molecule has 1 rings (SSSR count). The number of carbonyl (C=O) groups excluding carboxylic acids is 1. The summed E-state index contributed by atoms with van der Waals surface area (Å²) in [7, 11) is 0. The first-order valence-electron chi connectivity index (χ1n) is 5.78. The van der Waals surface area contributed by atoms with Gasteiger partial charge in [-0.05, 0) is 18.2 Å². The van der Waals surface area contributed by atoms with E-state index in [2.05, 4.69) is 12.6 Å². The largest absolute Gasteiger partial charge is 0.483 e. The van der Waals surface area contributed by atoms with Crippen molar-refractivity contribution in [1.82, 2.24) is 5.43 Å². The average Bonchev–Trinajstić information content (AvgIpc) is 2.44. The Balaban J connectivity index is 2.80. The Labute approximate surface area is 116 Å². The summed E-state index contributed by atoms with van der Waals surface area (Å²) >= 11 is 4.00. The second-order valence-electron chi connectivity index (χ2n) is 3.92. The fourth-order valence-electron chi connectivity index (χ4n) is 1.54. The summed E-state index contributed by atoms with van der Waals surface area (Å²) in [6, 6.07) is 6.65. The van der Waals surface area contributed by atoms with Crippen molar-refractivity contribution in [3.05, 3.63) is 29.8 Å². The molecule has 0 saturated carbocycles. The zero-order valence-electron chi connectivity index (χ0n) is 10.3. The Morgan fingerprint density at radius 2 is 2.11 bits per heavy atom. The standard InChI is InChI=1S/C12H18N2O4S/c13-14-11(16)7-18-10-4-2-1-3-8(10)12(17)9(15)5-6-19/h1-4,9,12,15,17,19H,5-7,13H2,(H,14,16). The molecule has 0 aromatic heterocycles. The van der Waals surface area contributed by atoms with E-state index in [0.717, 1.165) is 0 Å². The van der Waals surface area contributed by atoms with Crippen LogP contribution in [-0.2, 0) is 4.79 Å². The van der Waals surface area contributed by atoms with Crippen LogP contribution >= 0.6 is 12.6 Å². The average molecular weight is 286 g/mol. The molecule has 0 spiro atoms. The van der Waals surface area contributed by atoms with Crippen molar-refractivity contribution in [2.45, 2.75) is 18.6 Å². The van der Waals surface area contributed by atoms with Crippen LogP contribution in [0.3, 0.4) is 0 Å². The monoisotopic (exact) mass is 286 g/mol. The molecule has 1 aromatic carbocycles. The van der Waals surface area contributed by atoms with Crippen LogP contribution in [0.5, 0.6) is 5.75 Å². The van der Waals surface area contributed by atoms with Crippen LogP contribution in [0, 0.1) is 0 Å². The van der Waals surface area contributed by atoms with Crippen LogP contribution in [0.2, 0.25) is 0 Å². The van der Waals surface area contributed by atoms with E-state index in [0.29, 0.717) is 23.5 Å². The summed E-state index contributed by atoms with van der Waals surface area (Å²) in [6.45, 7) is -0.261. The van der Waals surface area contributed by atoms with Gasteiger partial charge < -0.3 is 14.9 Å². The highest BCUT2D eigenvalue weighted by molar-refractivity contribution is 7.80. The quantitative estimate of drug-likeness (QED) is 0.206. The molecule has 0 radical (unpaired) electrons. The number of nitrogens with two attached hydrogens (primary N) is 1. The third-order valence-corrected chi connectivity index (χ3v) is 2.80. The van der Waals surface area contributed by atoms with Crippen molar-refractivity contribution in [3.63, 3.8) is 0 Å². The molecular formula is C12H18N2O4S. The molecule has 0 saturated heterocycles. The van der Waals surface area contributed by atoms with Crippen LogP contribution in [-0.4, -0.2) is 34.6 Å². The summed E-state index contributed by atoms with van der Waals surface area (Å²) in [5.74, 6) is 5.24. The molecule has 2 unspecified atom stereocenters. The first kappa shape index (κ1) is 15.8. The lowest BCUT2D eigenvalue weighted by Gasteiger charge is -2.20. The normalized spacial score (nSPS) is 13.7. The number of aliphatic hydroxyl groups is 2. The van der Waals surface area contributed by atoms with Gasteiger partial charge in [0.15, 0.2) is 6.61 Å². The molecule has 1 aromatic rings. The summed E-state index contributed by atoms with van der Waals surface area (Å²) < 4.78 is 5.26. The second-order valence-corrected chi connectivity index (χ2v) is 4.37. The fraction of sp³-hybridized carbons (Fsp3) is 0.417. The third kappa shape index (κ3) is 4.71. The lowest BCUT2D eigenvalue weighted by Crippen LogP contribution is -2.34. The van der Waals surface area contributed by atoms with Gasteiger partial charge in [0, 0.05) is 5.56 Å². The minimum absolute atomic E-state index is 0.261. The number of amides is 1. The van der Waals surface area contributed by atoms with Crippen LogP contribution < -0.4 is 16.0 Å². The predicted molar refractivity (Wildman–Crippen MR) is 73.7 cm³/mol. The first-order chi connectivity index (χ1) is 9.10. The van der Waals surface area contributed by atoms with E-state index >= 15 is 0 Å². The molecule has 1 amide bonds. The van der Waals surface area contributed by atoms with Crippen molar-refractivity contribution in [2.75, 3.05) is 12.4 Å². The molecule has 6 nitrogen and oxygen atoms in total. The Kier molecular flexibility index (Phi) is 6.65. The minimum Gasteiger partial charge on any atom is -0.483 e. The van der Waals surface area contributed by atoms with Crippen LogP contribution in [0.1, 0.15) is 18.1 Å². The number of benzene rings is 1. The maximum atomic E-state index is 11.0. The molecule has 0 aliphatic carbocycles. The molecule has 0 bridgehead atoms. The van der Waals surface area contributed by atoms with Crippen molar-refractivity contribution in [3.8, 4) is 5.75 Å². The van der Waals surface area contributed by atoms with E-state index in [1.165, 1.54) is 0 Å². The summed E-state index contributed by atoms with van der Waals surface area (Å²) in [6.07, 6.45) is -1.68. The molecule has 106 valence electrons. The van der Waals surface area contributed by atoms with Crippen molar-refractivity contribution in [1.29, 1.82) is 0 Å². The molecule has 0 heterocycles. The molecular weight excluding hydrogens is 268 g/mol. The first-order valence-corrected chi connectivity index (χ1v) is 6.41. The van der Waals surface area contributed by atoms with Gasteiger partial charge in [-0.2, -0.15) is 12.6 Å². The predicted octanol–water partition coefficient (Wildman–Crippen LogP) is -0.231. The fourth-order valence-corrected chi connectivity index (χ4v) is 1.80. The maximum Gasteiger partial charge on any atom is 0.271 e. The lowest BCUT2D eigenvalue weighted by molar-refractivity contribution is -0.123. The van der Waals surface area contributed by atoms with E-state index in [9.17, 15) is 15.0 Å². The van der Waals surface area contributed by atoms with Gasteiger partial charge in [0.25, 0.3) is 5.91 Å². The van der Waals surface area contributed by atoms with Crippen LogP contribution in [0.4, 0.5) is 0 Å². The Bertz CT molecular complexity index is 416. The van der Waals surface area contributed by atoms with Gasteiger partial charge in [-0.3, -0.25) is 10.2 Å². The SMILES string of the molecule is NNC(=O)COc1ccccc1C(O)C(O)CCS. The van der Waals surface area contributed by atoms with Gasteiger partial charge in [0.05, 0.1) is 6.10 Å². The summed E-state index contributed by atoms with van der Waals surface area (Å²) in [4.78, 5) is 11.0. The molecule has 0 fully saturated rings. The number of para-hydroxylation sites is 1. The van der Waals surface area contributed by atoms with Crippen LogP contribution in [0.25, 0.3) is 0 Å². The number of thiol groups is 1. The van der Waals surface area contributed by atoms with Gasteiger partial charge in [-0.25, -0.2) is 5.84 Å². The number of aliphatic hydroxyl groups excluding tert-OH is 2. The van der Waals surface area contributed by atoms with E-state index < -0.39 is 18.1 Å². The molecule has 5 N–H and O–H groups in total. The molecule has 19 heavy (non-hydrogen) atoms. The zero-order chi connectivity index (χ0) is 14.3. The minimum atomic E-state index is -1.09. The summed E-state index contributed by atoms with van der Waals surface area (Å²) in [5, 5.41) is 19.8. The molecule has 2 atom stereocenters. The third-order valence-electron chi connectivity index (χ3n) is 2.55. The van der Waals surface area contributed by atoms with E-state index in [-0.39, 0.29) is 6.61 Å². The number of hydrogen-bond donors (Lipinski definition) is 5. The van der Waals surface area contributed by atoms with Gasteiger partial charge in [0.1, 0.15) is 11.9 Å². The number of hydrogen-bond acceptors (Lipinski definition) is 6. The number of ether oxygens (including phenoxy) is 1. The van der Waals surface area contributed by atoms with E-state index in [4.69, 9.17) is 10.6 Å². The van der Waals surface area contributed by atoms with Crippen molar-refractivity contribution in [2.24, 2.45) is 5.84 Å². The lowest BCUT2D eigenvalue weighted by atomic mass is 10.0. The van der Waals surface area contributed by atoms with Crippen LogP contribution in [0.15, 0.2) is 24.3 Å². The number of nitrogens with one attached hydrogen (secondary N) is 1. The van der Waals surface area contributed by atoms with Crippen molar-refractivity contribution < 1.29 is 19.7 Å². The Morgan fingerprint density at radius 3 is 2.74 bits per heavy atom. The van der Waals surface area contributed by atoms with Gasteiger partial charge in [-0.15, -0.1) is 0 Å². The number of rotatable bonds is 7. The highest BCUT2D eigenvalue weighted by atomic mass is 32.1. The van der Waals surface area contributed by atoms with Gasteiger partial charge in [0.2, 0.25) is 0 Å². The Hall–Kier alpha value is -1.28. The number of hydrazine groups is 1. The highest BCUT2D eigenvalue weighted by Gasteiger charge is 2.21. The second kappa shape index (κ2) is 8.00. The number of carbonyl (C=O) groups is 1. The van der Waals surface area contributed by atoms with Gasteiger partial charge in [-0.1, -0.05) is 18.2 Å². The topological polar surface area (TPSA) is 105 Å². The summed E-state index contributed by atoms with van der Waals surface area (Å²) in [5.41, 5.74) is 2.36. The molecule has 0 aliphatic heterocycles. The van der Waals surface area contributed by atoms with Crippen molar-refractivity contribution >= 4 is 18.5 Å². The highest BCUT2D eigenvalue weighted by Crippen LogP contribution is 2.28. The smallest absolute Gasteiger partial charge is 0.271 e. The van der Waals surface area contributed by atoms with E-state index in [1.807, 2.05) is 5.43 Å². The Morgan fingerprint density at radius 1 is 1.42 bits per heavy atom. The molecule has 0 aliphatic rings. The molecule has 7 heteroatoms. The van der Waals surface area contributed by atoms with E-state index in [1.54, 1.807) is 24.3 Å². The zero-order valence-corrected chi connectivity index (χ0v) is 11.2. The maximum absolute atomic E-state index is 11.0. The van der Waals surface area contributed by atoms with Gasteiger partial charge >= 0.3 is 0 Å².